The lowest BCUT2D eigenvalue weighted by Gasteiger charge is -2.39. The van der Waals surface area contributed by atoms with Gasteiger partial charge in [-0.05, 0) is 55.1 Å². The van der Waals surface area contributed by atoms with Crippen LogP contribution in [0.5, 0.6) is 0 Å². The van der Waals surface area contributed by atoms with E-state index in [0.717, 1.165) is 53.8 Å². The number of nitro benzene ring substituents is 1. The number of aromatic nitrogens is 1. The molecular formula is C26H27N5O3. The lowest BCUT2D eigenvalue weighted by atomic mass is 10.0. The summed E-state index contributed by atoms with van der Waals surface area (Å²) in [6.45, 7) is 5.01. The molecule has 3 aliphatic heterocycles. The van der Waals surface area contributed by atoms with Gasteiger partial charge in [0.2, 0.25) is 5.91 Å². The maximum Gasteiger partial charge on any atom is 0.269 e. The smallest absolute Gasteiger partial charge is 0.269 e. The molecule has 34 heavy (non-hydrogen) atoms. The summed E-state index contributed by atoms with van der Waals surface area (Å²) in [5.41, 5.74) is 5.11. The van der Waals surface area contributed by atoms with Crippen LogP contribution in [0.4, 0.5) is 17.1 Å². The Labute approximate surface area is 197 Å². The van der Waals surface area contributed by atoms with Crippen LogP contribution in [0.2, 0.25) is 0 Å². The van der Waals surface area contributed by atoms with Crippen LogP contribution in [0.3, 0.4) is 0 Å². The second-order valence-electron chi connectivity index (χ2n) is 9.50. The molecule has 2 fully saturated rings. The van der Waals surface area contributed by atoms with E-state index >= 15 is 0 Å². The second-order valence-corrected chi connectivity index (χ2v) is 9.50. The maximum atomic E-state index is 13.2. The summed E-state index contributed by atoms with van der Waals surface area (Å²) < 4.78 is 0. The highest BCUT2D eigenvalue weighted by molar-refractivity contribution is 6.02. The number of piperazine rings is 1. The molecule has 2 aromatic carbocycles. The van der Waals surface area contributed by atoms with Gasteiger partial charge in [0.1, 0.15) is 0 Å². The maximum absolute atomic E-state index is 13.2. The number of carbonyl (C=O) groups is 1. The van der Waals surface area contributed by atoms with E-state index in [-0.39, 0.29) is 18.0 Å². The number of benzene rings is 2. The first kappa shape index (κ1) is 21.0. The Morgan fingerprint density at radius 3 is 2.74 bits per heavy atom. The largest absolute Gasteiger partial charge is 0.368 e. The third kappa shape index (κ3) is 3.68. The zero-order chi connectivity index (χ0) is 23.2. The third-order valence-electron chi connectivity index (χ3n) is 7.55. The Morgan fingerprint density at radius 2 is 1.91 bits per heavy atom. The molecule has 0 aliphatic carbocycles. The number of hydrogen-bond donors (Lipinski definition) is 0. The quantitative estimate of drug-likeness (QED) is 0.440. The number of hydrogen-bond acceptors (Lipinski definition) is 6. The highest BCUT2D eigenvalue weighted by atomic mass is 16.6. The van der Waals surface area contributed by atoms with Crippen molar-refractivity contribution < 1.29 is 9.72 Å². The average Bonchev–Trinajstić information content (AvgIpc) is 3.48. The third-order valence-corrected chi connectivity index (χ3v) is 7.55. The summed E-state index contributed by atoms with van der Waals surface area (Å²) in [6.07, 6.45) is 5.48. The van der Waals surface area contributed by atoms with Crippen LogP contribution in [0.1, 0.15) is 24.0 Å². The Kier molecular flexibility index (Phi) is 5.17. The first-order chi connectivity index (χ1) is 16.6. The minimum absolute atomic E-state index is 0.0111. The van der Waals surface area contributed by atoms with Crippen LogP contribution >= 0.6 is 0 Å². The van der Waals surface area contributed by atoms with Crippen molar-refractivity contribution in [1.82, 2.24) is 9.88 Å². The number of rotatable bonds is 4. The molecule has 174 valence electrons. The highest BCUT2D eigenvalue weighted by Gasteiger charge is 2.32. The fourth-order valence-corrected chi connectivity index (χ4v) is 5.76. The van der Waals surface area contributed by atoms with Crippen LogP contribution in [0.15, 0.2) is 48.7 Å². The Morgan fingerprint density at radius 1 is 1.06 bits per heavy atom. The van der Waals surface area contributed by atoms with Crippen LogP contribution in [-0.4, -0.2) is 59.5 Å². The minimum atomic E-state index is -0.425. The molecule has 2 saturated heterocycles. The molecule has 3 aromatic rings. The molecular weight excluding hydrogens is 430 g/mol. The van der Waals surface area contributed by atoms with Crippen molar-refractivity contribution in [2.45, 2.75) is 31.7 Å². The summed E-state index contributed by atoms with van der Waals surface area (Å²) in [4.78, 5) is 35.3. The number of fused-ring (bicyclic) bond motifs is 3. The molecule has 0 N–H and O–H groups in total. The predicted molar refractivity (Wildman–Crippen MR) is 131 cm³/mol. The lowest BCUT2D eigenvalue weighted by Crippen LogP contribution is -2.50. The molecule has 0 unspecified atom stereocenters. The van der Waals surface area contributed by atoms with Crippen molar-refractivity contribution >= 4 is 33.9 Å². The second kappa shape index (κ2) is 8.36. The summed E-state index contributed by atoms with van der Waals surface area (Å²) >= 11 is 0. The first-order valence-corrected chi connectivity index (χ1v) is 12.0. The van der Waals surface area contributed by atoms with E-state index in [2.05, 4.69) is 33.0 Å². The van der Waals surface area contributed by atoms with Crippen LogP contribution < -0.4 is 9.80 Å². The fraction of sp³-hybridized carbons (Fsp3) is 0.385. The summed E-state index contributed by atoms with van der Waals surface area (Å²) in [5.74, 6) is 0.0111. The molecule has 0 bridgehead atoms. The van der Waals surface area contributed by atoms with Gasteiger partial charge in [-0.2, -0.15) is 0 Å². The molecule has 4 heterocycles. The Hall–Kier alpha value is -3.52. The van der Waals surface area contributed by atoms with E-state index in [1.807, 2.05) is 11.1 Å². The number of pyridine rings is 1. The van der Waals surface area contributed by atoms with Gasteiger partial charge >= 0.3 is 0 Å². The van der Waals surface area contributed by atoms with Gasteiger partial charge in [-0.3, -0.25) is 24.8 Å². The van der Waals surface area contributed by atoms with Crippen LogP contribution in [-0.2, 0) is 17.6 Å². The SMILES string of the molecule is O=C(Cc1ccc([N+](=O)[O-])cc1)N1CCc2cc3nccc(N4CCN5CCC[C@H]5C4)c3cc21. The molecule has 0 spiro atoms. The summed E-state index contributed by atoms with van der Waals surface area (Å²) in [6, 6.07) is 13.3. The minimum Gasteiger partial charge on any atom is -0.368 e. The number of nitrogens with zero attached hydrogens (tertiary/aromatic N) is 5. The Balaban J connectivity index is 1.28. The van der Waals surface area contributed by atoms with Crippen molar-refractivity contribution in [3.05, 3.63) is 69.9 Å². The van der Waals surface area contributed by atoms with Gasteiger partial charge in [-0.15, -0.1) is 0 Å². The van der Waals surface area contributed by atoms with Gasteiger partial charge < -0.3 is 9.80 Å². The molecule has 1 aromatic heterocycles. The van der Waals surface area contributed by atoms with Crippen LogP contribution in [0, 0.1) is 10.1 Å². The average molecular weight is 458 g/mol. The normalized spacial score (nSPS) is 19.9. The van der Waals surface area contributed by atoms with Gasteiger partial charge in [-0.1, -0.05) is 12.1 Å². The Bertz CT molecular complexity index is 1280. The van der Waals surface area contributed by atoms with Gasteiger partial charge in [0.25, 0.3) is 5.69 Å². The first-order valence-electron chi connectivity index (χ1n) is 12.0. The monoisotopic (exact) mass is 457 g/mol. The molecule has 3 aliphatic rings. The van der Waals surface area contributed by atoms with Crippen LogP contribution in [0.25, 0.3) is 10.9 Å². The molecule has 8 nitrogen and oxygen atoms in total. The zero-order valence-corrected chi connectivity index (χ0v) is 19.0. The lowest BCUT2D eigenvalue weighted by molar-refractivity contribution is -0.384. The van der Waals surface area contributed by atoms with E-state index < -0.39 is 4.92 Å². The van der Waals surface area contributed by atoms with Gasteiger partial charge in [0.15, 0.2) is 0 Å². The number of nitro groups is 1. The number of carbonyl (C=O) groups excluding carboxylic acids is 1. The number of amides is 1. The van der Waals surface area contributed by atoms with Crippen molar-refractivity contribution in [3.63, 3.8) is 0 Å². The molecule has 8 heteroatoms. The predicted octanol–water partition coefficient (Wildman–Crippen LogP) is 3.56. The molecule has 0 radical (unpaired) electrons. The molecule has 1 amide bonds. The molecule has 1 atom stereocenters. The number of anilines is 2. The van der Waals surface area contributed by atoms with E-state index in [9.17, 15) is 14.9 Å². The van der Waals surface area contributed by atoms with Gasteiger partial charge in [-0.25, -0.2) is 0 Å². The van der Waals surface area contributed by atoms with E-state index in [4.69, 9.17) is 0 Å². The standard InChI is InChI=1S/C26H27N5O3/c32-26(14-18-3-5-20(6-4-18)31(33)34)30-11-8-19-15-23-22(16-25(19)30)24(7-9-27-23)29-13-12-28-10-1-2-21(28)17-29/h3-7,9,15-16,21H,1-2,8,10-14,17H2/t21-/m0/s1. The summed E-state index contributed by atoms with van der Waals surface area (Å²) in [7, 11) is 0. The van der Waals surface area contributed by atoms with Crippen molar-refractivity contribution in [1.29, 1.82) is 0 Å². The highest BCUT2D eigenvalue weighted by Crippen LogP contribution is 2.37. The van der Waals surface area contributed by atoms with Gasteiger partial charge in [0.05, 0.1) is 16.9 Å². The van der Waals surface area contributed by atoms with Gasteiger partial charge in [0, 0.05) is 67.3 Å². The van der Waals surface area contributed by atoms with Crippen molar-refractivity contribution in [2.75, 3.05) is 42.5 Å². The molecule has 6 rings (SSSR count). The van der Waals surface area contributed by atoms with Crippen molar-refractivity contribution in [2.24, 2.45) is 0 Å². The van der Waals surface area contributed by atoms with E-state index in [1.165, 1.54) is 37.2 Å². The number of non-ortho nitro benzene ring substituents is 1. The topological polar surface area (TPSA) is 82.8 Å². The zero-order valence-electron chi connectivity index (χ0n) is 19.0. The van der Waals surface area contributed by atoms with Crippen molar-refractivity contribution in [3.8, 4) is 0 Å². The molecule has 0 saturated carbocycles. The van der Waals surface area contributed by atoms with E-state index in [0.29, 0.717) is 12.6 Å². The van der Waals surface area contributed by atoms with E-state index in [1.54, 1.807) is 12.1 Å². The fourth-order valence-electron chi connectivity index (χ4n) is 5.76. The summed E-state index contributed by atoms with van der Waals surface area (Å²) in [5, 5.41) is 12.0.